The zero-order valence-corrected chi connectivity index (χ0v) is 19.2. The average Bonchev–Trinajstić information content (AvgIpc) is 3.05. The third-order valence-corrected chi connectivity index (χ3v) is 7.19. The molecule has 2 aromatic rings. The maximum absolute atomic E-state index is 12.9. The van der Waals surface area contributed by atoms with Gasteiger partial charge in [-0.05, 0) is 56.0 Å². The highest BCUT2D eigenvalue weighted by atomic mass is 32.2. The second-order valence-corrected chi connectivity index (χ2v) is 9.63. The Balaban J connectivity index is 1.38. The third-order valence-electron chi connectivity index (χ3n) is 6.11. The van der Waals surface area contributed by atoms with Gasteiger partial charge in [0.05, 0.1) is 11.4 Å². The molecule has 2 aliphatic heterocycles. The molecule has 2 aliphatic rings. The minimum Gasteiger partial charge on any atom is -0.371 e. The van der Waals surface area contributed by atoms with Crippen molar-refractivity contribution in [3.63, 3.8) is 0 Å². The standard InChI is InChI=1S/C25H31N3O2S/c1-17-7-8-18(2)20(13-17)15-31-16-23-24(29)27-22-14-19(9-10-21(22)26-23)25(30)28-11-5-3-4-6-12-28/h7-10,13-14,23,26H,3-6,11-12,15-16H2,1-2H3,(H,27,29). The van der Waals surface area contributed by atoms with E-state index in [4.69, 9.17) is 0 Å². The van der Waals surface area contributed by atoms with Gasteiger partial charge in [0.15, 0.2) is 0 Å². The molecule has 2 N–H and O–H groups in total. The van der Waals surface area contributed by atoms with Crippen molar-refractivity contribution in [3.05, 3.63) is 58.7 Å². The molecular weight excluding hydrogens is 406 g/mol. The van der Waals surface area contributed by atoms with Crippen LogP contribution in [0.15, 0.2) is 36.4 Å². The van der Waals surface area contributed by atoms with Crippen LogP contribution in [0.1, 0.15) is 52.7 Å². The number of hydrogen-bond acceptors (Lipinski definition) is 4. The Morgan fingerprint density at radius 1 is 1.03 bits per heavy atom. The summed E-state index contributed by atoms with van der Waals surface area (Å²) in [4.78, 5) is 27.5. The number of fused-ring (bicyclic) bond motifs is 1. The summed E-state index contributed by atoms with van der Waals surface area (Å²) >= 11 is 1.76. The summed E-state index contributed by atoms with van der Waals surface area (Å²) in [5.41, 5.74) is 6.08. The van der Waals surface area contributed by atoms with E-state index >= 15 is 0 Å². The minimum absolute atomic E-state index is 0.0414. The summed E-state index contributed by atoms with van der Waals surface area (Å²) in [6, 6.07) is 11.8. The smallest absolute Gasteiger partial charge is 0.253 e. The highest BCUT2D eigenvalue weighted by molar-refractivity contribution is 7.98. The molecule has 2 heterocycles. The quantitative estimate of drug-likeness (QED) is 0.692. The lowest BCUT2D eigenvalue weighted by Gasteiger charge is -2.28. The van der Waals surface area contributed by atoms with Crippen LogP contribution in [-0.2, 0) is 10.5 Å². The van der Waals surface area contributed by atoms with Crippen molar-refractivity contribution in [1.82, 2.24) is 4.90 Å². The maximum atomic E-state index is 12.9. The largest absolute Gasteiger partial charge is 0.371 e. The molecule has 5 nitrogen and oxygen atoms in total. The Morgan fingerprint density at radius 2 is 1.81 bits per heavy atom. The lowest BCUT2D eigenvalue weighted by molar-refractivity contribution is -0.116. The predicted molar refractivity (Wildman–Crippen MR) is 129 cm³/mol. The van der Waals surface area contributed by atoms with E-state index in [9.17, 15) is 9.59 Å². The Kier molecular flexibility index (Phi) is 6.86. The van der Waals surface area contributed by atoms with Crippen LogP contribution < -0.4 is 10.6 Å². The van der Waals surface area contributed by atoms with Gasteiger partial charge in [-0.3, -0.25) is 9.59 Å². The number of nitrogens with zero attached hydrogens (tertiary/aromatic N) is 1. The summed E-state index contributed by atoms with van der Waals surface area (Å²) in [5, 5.41) is 6.36. The van der Waals surface area contributed by atoms with Gasteiger partial charge in [0.2, 0.25) is 5.91 Å². The van der Waals surface area contributed by atoms with Crippen molar-refractivity contribution in [3.8, 4) is 0 Å². The topological polar surface area (TPSA) is 61.4 Å². The minimum atomic E-state index is -0.283. The molecule has 0 bridgehead atoms. The van der Waals surface area contributed by atoms with Gasteiger partial charge in [-0.2, -0.15) is 11.8 Å². The normalized spacial score (nSPS) is 18.6. The number of nitrogens with one attached hydrogen (secondary N) is 2. The molecule has 0 radical (unpaired) electrons. The lowest BCUT2D eigenvalue weighted by atomic mass is 10.1. The highest BCUT2D eigenvalue weighted by Crippen LogP contribution is 2.30. The van der Waals surface area contributed by atoms with Crippen LogP contribution in [0.5, 0.6) is 0 Å². The second kappa shape index (κ2) is 9.77. The summed E-state index contributed by atoms with van der Waals surface area (Å²) in [7, 11) is 0. The van der Waals surface area contributed by atoms with Crippen molar-refractivity contribution >= 4 is 35.0 Å². The van der Waals surface area contributed by atoms with Crippen LogP contribution in [0.3, 0.4) is 0 Å². The van der Waals surface area contributed by atoms with Gasteiger partial charge in [-0.1, -0.05) is 36.6 Å². The van der Waals surface area contributed by atoms with Crippen LogP contribution in [0.25, 0.3) is 0 Å². The Hall–Kier alpha value is -2.47. The summed E-state index contributed by atoms with van der Waals surface area (Å²) in [5.74, 6) is 1.59. The predicted octanol–water partition coefficient (Wildman–Crippen LogP) is 4.99. The number of benzene rings is 2. The van der Waals surface area contributed by atoms with Gasteiger partial charge in [-0.25, -0.2) is 0 Å². The number of carbonyl (C=O) groups excluding carboxylic acids is 2. The molecule has 4 rings (SSSR count). The number of rotatable bonds is 5. The molecule has 1 atom stereocenters. The summed E-state index contributed by atoms with van der Waals surface area (Å²) in [6.45, 7) is 5.87. The third kappa shape index (κ3) is 5.24. The molecule has 6 heteroatoms. The van der Waals surface area contributed by atoms with Crippen LogP contribution >= 0.6 is 11.8 Å². The van der Waals surface area contributed by atoms with E-state index in [-0.39, 0.29) is 17.9 Å². The first-order valence-electron chi connectivity index (χ1n) is 11.2. The monoisotopic (exact) mass is 437 g/mol. The van der Waals surface area contributed by atoms with E-state index in [1.165, 1.54) is 29.5 Å². The first-order valence-corrected chi connectivity index (χ1v) is 12.3. The van der Waals surface area contributed by atoms with Gasteiger partial charge < -0.3 is 15.5 Å². The van der Waals surface area contributed by atoms with E-state index in [1.54, 1.807) is 11.8 Å². The molecular formula is C25H31N3O2S. The van der Waals surface area contributed by atoms with E-state index in [2.05, 4.69) is 42.7 Å². The highest BCUT2D eigenvalue weighted by Gasteiger charge is 2.27. The average molecular weight is 438 g/mol. The van der Waals surface area contributed by atoms with Crippen molar-refractivity contribution in [1.29, 1.82) is 0 Å². The number of amides is 2. The number of thioether (sulfide) groups is 1. The zero-order chi connectivity index (χ0) is 21.8. The first-order chi connectivity index (χ1) is 15.0. The maximum Gasteiger partial charge on any atom is 0.253 e. The summed E-state index contributed by atoms with van der Waals surface area (Å²) in [6.07, 6.45) is 4.51. The Bertz CT molecular complexity index is 967. The molecule has 0 spiro atoms. The molecule has 164 valence electrons. The van der Waals surface area contributed by atoms with Crippen LogP contribution in [-0.4, -0.2) is 41.6 Å². The fraction of sp³-hybridized carbons (Fsp3) is 0.440. The Morgan fingerprint density at radius 3 is 2.58 bits per heavy atom. The fourth-order valence-corrected chi connectivity index (χ4v) is 5.32. The molecule has 0 aliphatic carbocycles. The number of aryl methyl sites for hydroxylation is 2. The van der Waals surface area contributed by atoms with Crippen molar-refractivity contribution in [2.24, 2.45) is 0 Å². The molecule has 1 saturated heterocycles. The summed E-state index contributed by atoms with van der Waals surface area (Å²) < 4.78 is 0. The van der Waals surface area contributed by atoms with Gasteiger partial charge >= 0.3 is 0 Å². The molecule has 2 aromatic carbocycles. The Labute approximate surface area is 189 Å². The van der Waals surface area contributed by atoms with Crippen LogP contribution in [0.4, 0.5) is 11.4 Å². The molecule has 0 saturated carbocycles. The van der Waals surface area contributed by atoms with E-state index < -0.39 is 0 Å². The van der Waals surface area contributed by atoms with Gasteiger partial charge in [-0.15, -0.1) is 0 Å². The number of likely N-dealkylation sites (tertiary alicyclic amines) is 1. The SMILES string of the molecule is Cc1ccc(C)c(CSCC2Nc3ccc(C(=O)N4CCCCCC4)cc3NC2=O)c1. The van der Waals surface area contributed by atoms with Crippen LogP contribution in [0.2, 0.25) is 0 Å². The number of hydrogen-bond donors (Lipinski definition) is 2. The molecule has 1 unspecified atom stereocenters. The van der Waals surface area contributed by atoms with E-state index in [1.807, 2.05) is 23.1 Å². The lowest BCUT2D eigenvalue weighted by Crippen LogP contribution is -2.41. The van der Waals surface area contributed by atoms with Crippen LogP contribution in [0, 0.1) is 13.8 Å². The molecule has 31 heavy (non-hydrogen) atoms. The molecule has 2 amide bonds. The van der Waals surface area contributed by atoms with Crippen molar-refractivity contribution in [2.75, 3.05) is 29.5 Å². The van der Waals surface area contributed by atoms with E-state index in [0.29, 0.717) is 17.0 Å². The second-order valence-electron chi connectivity index (χ2n) is 8.60. The van der Waals surface area contributed by atoms with Gasteiger partial charge in [0.25, 0.3) is 5.91 Å². The zero-order valence-electron chi connectivity index (χ0n) is 18.4. The van der Waals surface area contributed by atoms with Gasteiger partial charge in [0.1, 0.15) is 6.04 Å². The van der Waals surface area contributed by atoms with Crippen molar-refractivity contribution < 1.29 is 9.59 Å². The number of carbonyl (C=O) groups is 2. The van der Waals surface area contributed by atoms with Gasteiger partial charge in [0, 0.05) is 30.2 Å². The number of anilines is 2. The first kappa shape index (κ1) is 21.8. The van der Waals surface area contributed by atoms with Crippen molar-refractivity contribution in [2.45, 2.75) is 51.3 Å². The molecule has 1 fully saturated rings. The van der Waals surface area contributed by atoms with E-state index in [0.717, 1.165) is 37.4 Å². The molecule has 0 aromatic heterocycles. The fourth-order valence-electron chi connectivity index (χ4n) is 4.20.